The van der Waals surface area contributed by atoms with Crippen LogP contribution in [0, 0.1) is 0 Å². The van der Waals surface area contributed by atoms with Gasteiger partial charge in [-0.25, -0.2) is 0 Å². The van der Waals surface area contributed by atoms with Crippen molar-refractivity contribution in [3.8, 4) is 0 Å². The standard InChI is InChI=1S/C35H69N/c1-5-7-9-11-13-14-15-16-17-18-19-20-21-22-23-24-25-26-27-28-30-32-34-35(36(3)4)33-31-29-12-10-8-6-2/h16-17,19-20,35H,5-15,18,21-34H2,1-4H3/b17-16-,20-19-. The average Bonchev–Trinajstić information content (AvgIpc) is 2.87. The second-order valence-corrected chi connectivity index (χ2v) is 11.7. The summed E-state index contributed by atoms with van der Waals surface area (Å²) in [6.07, 6.45) is 45.9. The van der Waals surface area contributed by atoms with Crippen molar-refractivity contribution in [3.63, 3.8) is 0 Å². The van der Waals surface area contributed by atoms with Gasteiger partial charge in [0.15, 0.2) is 0 Å². The van der Waals surface area contributed by atoms with Crippen LogP contribution in [0.5, 0.6) is 0 Å². The molecule has 1 nitrogen and oxygen atoms in total. The van der Waals surface area contributed by atoms with Crippen molar-refractivity contribution in [2.24, 2.45) is 0 Å². The Bertz CT molecular complexity index is 450. The molecule has 36 heavy (non-hydrogen) atoms. The van der Waals surface area contributed by atoms with Gasteiger partial charge in [0.25, 0.3) is 0 Å². The van der Waals surface area contributed by atoms with Crippen molar-refractivity contribution in [2.45, 2.75) is 187 Å². The third-order valence-corrected chi connectivity index (χ3v) is 7.86. The Morgan fingerprint density at radius 1 is 0.417 bits per heavy atom. The molecule has 0 aliphatic rings. The van der Waals surface area contributed by atoms with E-state index in [1.807, 2.05) is 0 Å². The molecule has 0 aromatic rings. The maximum absolute atomic E-state index is 2.48. The first-order valence-electron chi connectivity index (χ1n) is 16.7. The van der Waals surface area contributed by atoms with E-state index in [0.29, 0.717) is 0 Å². The van der Waals surface area contributed by atoms with E-state index in [2.05, 4.69) is 57.1 Å². The molecule has 0 aromatic carbocycles. The van der Waals surface area contributed by atoms with Gasteiger partial charge in [0.05, 0.1) is 0 Å². The molecule has 1 heteroatoms. The molecule has 0 aliphatic heterocycles. The molecular formula is C35H69N. The summed E-state index contributed by atoms with van der Waals surface area (Å²) in [5.74, 6) is 0. The summed E-state index contributed by atoms with van der Waals surface area (Å²) in [5, 5.41) is 0. The lowest BCUT2D eigenvalue weighted by Crippen LogP contribution is -2.27. The van der Waals surface area contributed by atoms with E-state index in [4.69, 9.17) is 0 Å². The maximum atomic E-state index is 2.48. The first kappa shape index (κ1) is 35.4. The molecule has 0 aromatic heterocycles. The first-order valence-corrected chi connectivity index (χ1v) is 16.7. The predicted octanol–water partition coefficient (Wildman–Crippen LogP) is 12.2. The molecule has 0 bridgehead atoms. The molecule has 0 spiro atoms. The summed E-state index contributed by atoms with van der Waals surface area (Å²) >= 11 is 0. The van der Waals surface area contributed by atoms with Gasteiger partial charge in [0, 0.05) is 6.04 Å². The molecule has 214 valence electrons. The van der Waals surface area contributed by atoms with Gasteiger partial charge in [0.1, 0.15) is 0 Å². The zero-order chi connectivity index (χ0) is 26.4. The molecule has 0 saturated heterocycles. The minimum absolute atomic E-state index is 0.811. The Morgan fingerprint density at radius 3 is 1.11 bits per heavy atom. The zero-order valence-corrected chi connectivity index (χ0v) is 25.7. The molecule has 0 fully saturated rings. The molecule has 1 unspecified atom stereocenters. The molecule has 0 N–H and O–H groups in total. The SMILES string of the molecule is CCCCCCCC/C=C\C/C=C\CCCCCCCCCCCC(CCCCCCCC)N(C)C. The molecule has 1 atom stereocenters. The van der Waals surface area contributed by atoms with Gasteiger partial charge >= 0.3 is 0 Å². The maximum Gasteiger partial charge on any atom is 0.00891 e. The van der Waals surface area contributed by atoms with Crippen LogP contribution in [0.25, 0.3) is 0 Å². The third-order valence-electron chi connectivity index (χ3n) is 7.86. The summed E-state index contributed by atoms with van der Waals surface area (Å²) in [7, 11) is 4.57. The fraction of sp³-hybridized carbons (Fsp3) is 0.886. The molecular weight excluding hydrogens is 434 g/mol. The monoisotopic (exact) mass is 504 g/mol. The normalized spacial score (nSPS) is 13.0. The molecule has 0 rings (SSSR count). The van der Waals surface area contributed by atoms with Crippen molar-refractivity contribution in [1.29, 1.82) is 0 Å². The van der Waals surface area contributed by atoms with Gasteiger partial charge in [-0.3, -0.25) is 0 Å². The van der Waals surface area contributed by atoms with Crippen LogP contribution in [0.15, 0.2) is 24.3 Å². The summed E-state index contributed by atoms with van der Waals surface area (Å²) < 4.78 is 0. The minimum Gasteiger partial charge on any atom is -0.306 e. The fourth-order valence-electron chi connectivity index (χ4n) is 5.25. The highest BCUT2D eigenvalue weighted by Crippen LogP contribution is 2.17. The summed E-state index contributed by atoms with van der Waals surface area (Å²) in [5.41, 5.74) is 0. The Labute approximate surface area is 230 Å². The number of allylic oxidation sites excluding steroid dienone is 4. The van der Waals surface area contributed by atoms with Crippen LogP contribution in [-0.4, -0.2) is 25.0 Å². The topological polar surface area (TPSA) is 3.24 Å². The highest BCUT2D eigenvalue weighted by Gasteiger charge is 2.10. The van der Waals surface area contributed by atoms with Crippen molar-refractivity contribution in [2.75, 3.05) is 14.1 Å². The van der Waals surface area contributed by atoms with E-state index in [-0.39, 0.29) is 0 Å². The highest BCUT2D eigenvalue weighted by atomic mass is 15.1. The molecule has 0 saturated carbocycles. The van der Waals surface area contributed by atoms with Crippen LogP contribution in [0.1, 0.15) is 181 Å². The first-order chi connectivity index (χ1) is 17.7. The smallest absolute Gasteiger partial charge is 0.00891 e. The Hall–Kier alpha value is -0.560. The van der Waals surface area contributed by atoms with E-state index in [1.165, 1.54) is 161 Å². The second kappa shape index (κ2) is 30.7. The number of nitrogens with zero attached hydrogens (tertiary/aromatic N) is 1. The van der Waals surface area contributed by atoms with Gasteiger partial charge < -0.3 is 4.90 Å². The Balaban J connectivity index is 3.39. The van der Waals surface area contributed by atoms with E-state index in [9.17, 15) is 0 Å². The van der Waals surface area contributed by atoms with Gasteiger partial charge in [-0.2, -0.15) is 0 Å². The third kappa shape index (κ3) is 28.0. The van der Waals surface area contributed by atoms with Crippen molar-refractivity contribution < 1.29 is 0 Å². The average molecular weight is 504 g/mol. The predicted molar refractivity (Wildman–Crippen MR) is 167 cm³/mol. The molecule has 0 aliphatic carbocycles. The van der Waals surface area contributed by atoms with Crippen LogP contribution >= 0.6 is 0 Å². The zero-order valence-electron chi connectivity index (χ0n) is 25.7. The van der Waals surface area contributed by atoms with Crippen LogP contribution in [0.3, 0.4) is 0 Å². The fourth-order valence-corrected chi connectivity index (χ4v) is 5.25. The summed E-state index contributed by atoms with van der Waals surface area (Å²) in [6.45, 7) is 4.60. The van der Waals surface area contributed by atoms with Crippen molar-refractivity contribution >= 4 is 0 Å². The van der Waals surface area contributed by atoms with Gasteiger partial charge in [0.2, 0.25) is 0 Å². The quantitative estimate of drug-likeness (QED) is 0.0724. The Kier molecular flexibility index (Phi) is 30.2. The van der Waals surface area contributed by atoms with Crippen molar-refractivity contribution in [3.05, 3.63) is 24.3 Å². The van der Waals surface area contributed by atoms with Gasteiger partial charge in [-0.15, -0.1) is 0 Å². The number of unbranched alkanes of at least 4 members (excludes halogenated alkanes) is 20. The van der Waals surface area contributed by atoms with Gasteiger partial charge in [-0.1, -0.05) is 160 Å². The largest absolute Gasteiger partial charge is 0.306 e. The second-order valence-electron chi connectivity index (χ2n) is 11.7. The van der Waals surface area contributed by atoms with E-state index >= 15 is 0 Å². The van der Waals surface area contributed by atoms with Gasteiger partial charge in [-0.05, 0) is 59.0 Å². The Morgan fingerprint density at radius 2 is 0.750 bits per heavy atom. The lowest BCUT2D eigenvalue weighted by atomic mass is 9.99. The lowest BCUT2D eigenvalue weighted by molar-refractivity contribution is 0.251. The highest BCUT2D eigenvalue weighted by molar-refractivity contribution is 4.92. The number of hydrogen-bond donors (Lipinski definition) is 0. The molecule has 0 heterocycles. The molecule has 0 radical (unpaired) electrons. The minimum atomic E-state index is 0.811. The summed E-state index contributed by atoms with van der Waals surface area (Å²) in [4.78, 5) is 2.48. The van der Waals surface area contributed by atoms with Crippen molar-refractivity contribution in [1.82, 2.24) is 4.90 Å². The number of hydrogen-bond acceptors (Lipinski definition) is 1. The van der Waals surface area contributed by atoms with Crippen LogP contribution < -0.4 is 0 Å². The molecule has 0 amide bonds. The summed E-state index contributed by atoms with van der Waals surface area (Å²) in [6, 6.07) is 0.811. The lowest BCUT2D eigenvalue weighted by Gasteiger charge is -2.24. The van der Waals surface area contributed by atoms with E-state index in [1.54, 1.807) is 0 Å². The number of rotatable bonds is 29. The van der Waals surface area contributed by atoms with E-state index < -0.39 is 0 Å². The van der Waals surface area contributed by atoms with Crippen LogP contribution in [0.4, 0.5) is 0 Å². The van der Waals surface area contributed by atoms with Crippen LogP contribution in [0.2, 0.25) is 0 Å². The van der Waals surface area contributed by atoms with Crippen LogP contribution in [-0.2, 0) is 0 Å². The van der Waals surface area contributed by atoms with E-state index in [0.717, 1.165) is 12.5 Å².